The van der Waals surface area contributed by atoms with Crippen molar-refractivity contribution < 1.29 is 17.9 Å². The normalized spacial score (nSPS) is 14.2. The number of fused-ring (bicyclic) bond motifs is 1. The van der Waals surface area contributed by atoms with Gasteiger partial charge in [-0.1, -0.05) is 18.2 Å². The highest BCUT2D eigenvalue weighted by Gasteiger charge is 2.21. The first-order valence-corrected chi connectivity index (χ1v) is 10.4. The summed E-state index contributed by atoms with van der Waals surface area (Å²) in [5.74, 6) is 1.01. The highest BCUT2D eigenvalue weighted by Crippen LogP contribution is 2.30. The van der Waals surface area contributed by atoms with Crippen molar-refractivity contribution in [1.29, 1.82) is 0 Å². The molecule has 2 aromatic rings. The van der Waals surface area contributed by atoms with Crippen LogP contribution in [0.3, 0.4) is 0 Å². The highest BCUT2D eigenvalue weighted by molar-refractivity contribution is 7.91. The lowest BCUT2D eigenvalue weighted by atomic mass is 10.0. The minimum atomic E-state index is -3.22. The maximum Gasteiger partial charge on any atom is 0.227 e. The van der Waals surface area contributed by atoms with E-state index in [0.717, 1.165) is 23.4 Å². The molecule has 0 saturated carbocycles. The zero-order valence-electron chi connectivity index (χ0n) is 14.8. The minimum Gasteiger partial charge on any atom is -0.494 e. The van der Waals surface area contributed by atoms with E-state index in [-0.39, 0.29) is 11.7 Å². The molecular weight excluding hydrogens is 350 g/mol. The predicted octanol–water partition coefficient (Wildman–Crippen LogP) is 3.23. The molecular formula is C20H23NO4S. The van der Waals surface area contributed by atoms with Crippen LogP contribution in [0.5, 0.6) is 5.75 Å². The smallest absolute Gasteiger partial charge is 0.227 e. The number of unbranched alkanes of at least 4 members (excludes halogenated alkanes) is 1. The second-order valence-electron chi connectivity index (χ2n) is 6.43. The lowest BCUT2D eigenvalue weighted by Gasteiger charge is -2.26. The lowest BCUT2D eigenvalue weighted by molar-refractivity contribution is -0.118. The number of nitrogens with zero attached hydrogens (tertiary/aromatic N) is 1. The SMILES string of the molecule is CN1C(=O)CCc2cc(OCCCCS(=O)(=O)c3ccccc3)ccc21. The Morgan fingerprint density at radius 1 is 1.04 bits per heavy atom. The van der Waals surface area contributed by atoms with Crippen LogP contribution in [0.1, 0.15) is 24.8 Å². The highest BCUT2D eigenvalue weighted by atomic mass is 32.2. The van der Waals surface area contributed by atoms with Crippen LogP contribution in [0.15, 0.2) is 53.4 Å². The topological polar surface area (TPSA) is 63.7 Å². The average Bonchev–Trinajstić information content (AvgIpc) is 2.65. The third-order valence-electron chi connectivity index (χ3n) is 4.57. The summed E-state index contributed by atoms with van der Waals surface area (Å²) in [4.78, 5) is 13.8. The van der Waals surface area contributed by atoms with Crippen molar-refractivity contribution in [2.45, 2.75) is 30.6 Å². The van der Waals surface area contributed by atoms with Gasteiger partial charge in [0.2, 0.25) is 5.91 Å². The van der Waals surface area contributed by atoms with Gasteiger partial charge in [-0.05, 0) is 55.2 Å². The number of carbonyl (C=O) groups is 1. The van der Waals surface area contributed by atoms with Gasteiger partial charge in [-0.2, -0.15) is 0 Å². The summed E-state index contributed by atoms with van der Waals surface area (Å²) in [5, 5.41) is 0. The van der Waals surface area contributed by atoms with Crippen molar-refractivity contribution in [3.63, 3.8) is 0 Å². The van der Waals surface area contributed by atoms with Crippen molar-refractivity contribution in [2.24, 2.45) is 0 Å². The van der Waals surface area contributed by atoms with Gasteiger partial charge in [0.05, 0.1) is 17.3 Å². The number of anilines is 1. The Hall–Kier alpha value is -2.34. The second kappa shape index (κ2) is 7.91. The summed E-state index contributed by atoms with van der Waals surface area (Å²) in [6.07, 6.45) is 2.47. The van der Waals surface area contributed by atoms with Crippen molar-refractivity contribution in [2.75, 3.05) is 24.3 Å². The van der Waals surface area contributed by atoms with E-state index in [9.17, 15) is 13.2 Å². The molecule has 1 amide bonds. The third-order valence-corrected chi connectivity index (χ3v) is 6.39. The number of sulfone groups is 1. The molecule has 0 radical (unpaired) electrons. The quantitative estimate of drug-likeness (QED) is 0.699. The van der Waals surface area contributed by atoms with E-state index in [1.54, 1.807) is 42.3 Å². The molecule has 2 aromatic carbocycles. The van der Waals surface area contributed by atoms with Crippen LogP contribution < -0.4 is 9.64 Å². The van der Waals surface area contributed by atoms with Crippen molar-refractivity contribution in [3.05, 3.63) is 54.1 Å². The number of rotatable bonds is 7. The zero-order valence-corrected chi connectivity index (χ0v) is 15.7. The van der Waals surface area contributed by atoms with E-state index in [2.05, 4.69) is 0 Å². The molecule has 0 spiro atoms. The number of amides is 1. The van der Waals surface area contributed by atoms with Crippen LogP contribution >= 0.6 is 0 Å². The fourth-order valence-corrected chi connectivity index (χ4v) is 4.44. The summed E-state index contributed by atoms with van der Waals surface area (Å²) < 4.78 is 30.2. The van der Waals surface area contributed by atoms with E-state index < -0.39 is 9.84 Å². The van der Waals surface area contributed by atoms with Crippen LogP contribution in [-0.4, -0.2) is 33.7 Å². The molecule has 5 nitrogen and oxygen atoms in total. The molecule has 0 N–H and O–H groups in total. The Morgan fingerprint density at radius 3 is 2.58 bits per heavy atom. The van der Waals surface area contributed by atoms with E-state index in [4.69, 9.17) is 4.74 Å². The molecule has 3 rings (SSSR count). The number of carbonyl (C=O) groups excluding carboxylic acids is 1. The van der Waals surface area contributed by atoms with E-state index in [0.29, 0.717) is 30.8 Å². The van der Waals surface area contributed by atoms with Crippen LogP contribution in [0.25, 0.3) is 0 Å². The molecule has 26 heavy (non-hydrogen) atoms. The van der Waals surface area contributed by atoms with Crippen LogP contribution in [0.2, 0.25) is 0 Å². The standard InChI is InChI=1S/C20H23NO4S/c1-21-19-11-10-17(15-16(19)9-12-20(21)22)25-13-5-6-14-26(23,24)18-7-3-2-4-8-18/h2-4,7-8,10-11,15H,5-6,9,12-14H2,1H3. The van der Waals surface area contributed by atoms with Crippen molar-refractivity contribution in [3.8, 4) is 5.75 Å². The Labute approximate surface area is 154 Å². The number of benzene rings is 2. The number of hydrogen-bond donors (Lipinski definition) is 0. The first-order valence-electron chi connectivity index (χ1n) is 8.77. The largest absolute Gasteiger partial charge is 0.494 e. The van der Waals surface area contributed by atoms with Gasteiger partial charge in [-0.25, -0.2) is 8.42 Å². The lowest BCUT2D eigenvalue weighted by Crippen LogP contribution is -2.30. The van der Waals surface area contributed by atoms with E-state index >= 15 is 0 Å². The molecule has 0 fully saturated rings. The summed E-state index contributed by atoms with van der Waals surface area (Å²) >= 11 is 0. The van der Waals surface area contributed by atoms with Gasteiger partial charge in [-0.15, -0.1) is 0 Å². The Balaban J connectivity index is 1.48. The summed E-state index contributed by atoms with van der Waals surface area (Å²) in [6, 6.07) is 14.3. The Kier molecular flexibility index (Phi) is 5.61. The number of ether oxygens (including phenoxy) is 1. The van der Waals surface area contributed by atoms with Crippen molar-refractivity contribution in [1.82, 2.24) is 0 Å². The molecule has 1 heterocycles. The summed E-state index contributed by atoms with van der Waals surface area (Å²) in [5.41, 5.74) is 2.04. The first-order chi connectivity index (χ1) is 12.5. The summed E-state index contributed by atoms with van der Waals surface area (Å²) in [6.45, 7) is 0.470. The van der Waals surface area contributed by atoms with E-state index in [1.165, 1.54) is 0 Å². The van der Waals surface area contributed by atoms with Crippen LogP contribution in [0, 0.1) is 0 Å². The fourth-order valence-electron chi connectivity index (χ4n) is 3.05. The molecule has 6 heteroatoms. The maximum absolute atomic E-state index is 12.2. The second-order valence-corrected chi connectivity index (χ2v) is 8.54. The molecule has 0 aliphatic carbocycles. The van der Waals surface area contributed by atoms with Crippen LogP contribution in [0.4, 0.5) is 5.69 Å². The molecule has 0 aromatic heterocycles. The Bertz CT molecular complexity index is 878. The van der Waals surface area contributed by atoms with Gasteiger partial charge in [0.25, 0.3) is 0 Å². The van der Waals surface area contributed by atoms with Gasteiger partial charge < -0.3 is 9.64 Å². The molecule has 1 aliphatic rings. The van der Waals surface area contributed by atoms with Gasteiger partial charge in [0, 0.05) is 19.2 Å². The zero-order chi connectivity index (χ0) is 18.6. The number of aryl methyl sites for hydroxylation is 1. The maximum atomic E-state index is 12.2. The van der Waals surface area contributed by atoms with Crippen LogP contribution in [-0.2, 0) is 21.1 Å². The molecule has 1 aliphatic heterocycles. The molecule has 0 saturated heterocycles. The predicted molar refractivity (Wildman–Crippen MR) is 101 cm³/mol. The Morgan fingerprint density at radius 2 is 1.81 bits per heavy atom. The van der Waals surface area contributed by atoms with Gasteiger partial charge in [0.15, 0.2) is 9.84 Å². The fraction of sp³-hybridized carbons (Fsp3) is 0.350. The number of hydrogen-bond acceptors (Lipinski definition) is 4. The minimum absolute atomic E-state index is 0.122. The molecule has 0 unspecified atom stereocenters. The molecule has 0 atom stereocenters. The molecule has 138 valence electrons. The molecule has 0 bridgehead atoms. The first kappa shape index (κ1) is 18.5. The third kappa shape index (κ3) is 4.25. The van der Waals surface area contributed by atoms with Gasteiger partial charge in [0.1, 0.15) is 5.75 Å². The summed E-state index contributed by atoms with van der Waals surface area (Å²) in [7, 11) is -1.44. The van der Waals surface area contributed by atoms with E-state index in [1.807, 2.05) is 18.2 Å². The van der Waals surface area contributed by atoms with Crippen molar-refractivity contribution >= 4 is 21.4 Å². The van der Waals surface area contributed by atoms with Gasteiger partial charge >= 0.3 is 0 Å². The van der Waals surface area contributed by atoms with Gasteiger partial charge in [-0.3, -0.25) is 4.79 Å². The monoisotopic (exact) mass is 373 g/mol. The average molecular weight is 373 g/mol.